The van der Waals surface area contributed by atoms with Crippen LogP contribution in [0.2, 0.25) is 5.02 Å². The Hall–Kier alpha value is -3.03. The number of ether oxygens (including phenoxy) is 2. The zero-order chi connectivity index (χ0) is 21.3. The Morgan fingerprint density at radius 3 is 2.47 bits per heavy atom. The predicted molar refractivity (Wildman–Crippen MR) is 109 cm³/mol. The largest absolute Gasteiger partial charge is 0.425 e. The normalized spacial score (nSPS) is 17.2. The SMILES string of the molecule is Cc1ccccc1OC(=O)COC1(OO)c2ccccc2C(=O)c2cc(Cl)ccc21. The maximum absolute atomic E-state index is 12.9. The topological polar surface area (TPSA) is 82.1 Å². The molecule has 0 fully saturated rings. The monoisotopic (exact) mass is 424 g/mol. The third-order valence-corrected chi connectivity index (χ3v) is 5.18. The lowest BCUT2D eigenvalue weighted by Gasteiger charge is -2.36. The summed E-state index contributed by atoms with van der Waals surface area (Å²) in [7, 11) is 0. The van der Waals surface area contributed by atoms with E-state index in [0.29, 0.717) is 10.8 Å². The number of hydrogen-bond acceptors (Lipinski definition) is 6. The van der Waals surface area contributed by atoms with Gasteiger partial charge in [-0.15, -0.1) is 0 Å². The summed E-state index contributed by atoms with van der Waals surface area (Å²) in [4.78, 5) is 30.2. The van der Waals surface area contributed by atoms with Crippen molar-refractivity contribution in [1.82, 2.24) is 0 Å². The van der Waals surface area contributed by atoms with Crippen LogP contribution in [0, 0.1) is 6.92 Å². The Bertz CT molecular complexity index is 1140. The van der Waals surface area contributed by atoms with Gasteiger partial charge in [0.25, 0.3) is 5.79 Å². The molecule has 0 aliphatic heterocycles. The van der Waals surface area contributed by atoms with E-state index < -0.39 is 18.4 Å². The van der Waals surface area contributed by atoms with Crippen LogP contribution in [-0.2, 0) is 20.2 Å². The van der Waals surface area contributed by atoms with Crippen LogP contribution in [0.25, 0.3) is 0 Å². The Morgan fingerprint density at radius 1 is 1.00 bits per heavy atom. The maximum atomic E-state index is 12.9. The third-order valence-electron chi connectivity index (χ3n) is 4.95. The fraction of sp³-hybridized carbons (Fsp3) is 0.130. The van der Waals surface area contributed by atoms with Crippen LogP contribution >= 0.6 is 11.6 Å². The third kappa shape index (κ3) is 3.40. The van der Waals surface area contributed by atoms with Gasteiger partial charge in [0.2, 0.25) is 0 Å². The minimum atomic E-state index is -1.89. The van der Waals surface area contributed by atoms with E-state index in [4.69, 9.17) is 26.0 Å². The van der Waals surface area contributed by atoms with Gasteiger partial charge in [0.05, 0.1) is 0 Å². The van der Waals surface area contributed by atoms with Crippen molar-refractivity contribution in [2.75, 3.05) is 6.61 Å². The molecule has 0 spiro atoms. The maximum Gasteiger partial charge on any atom is 0.337 e. The van der Waals surface area contributed by atoms with E-state index in [1.807, 2.05) is 19.1 Å². The number of halogens is 1. The average molecular weight is 425 g/mol. The van der Waals surface area contributed by atoms with Crippen molar-refractivity contribution in [3.63, 3.8) is 0 Å². The van der Waals surface area contributed by atoms with Crippen LogP contribution in [0.15, 0.2) is 66.7 Å². The van der Waals surface area contributed by atoms with Crippen molar-refractivity contribution in [2.45, 2.75) is 12.7 Å². The molecule has 1 unspecified atom stereocenters. The summed E-state index contributed by atoms with van der Waals surface area (Å²) in [6, 6.07) is 18.1. The number of fused-ring (bicyclic) bond motifs is 2. The van der Waals surface area contributed by atoms with Gasteiger partial charge < -0.3 is 9.47 Å². The number of rotatable bonds is 5. The minimum absolute atomic E-state index is 0.211. The number of para-hydroxylation sites is 1. The highest BCUT2D eigenvalue weighted by Crippen LogP contribution is 2.43. The van der Waals surface area contributed by atoms with Crippen molar-refractivity contribution >= 4 is 23.4 Å². The molecule has 0 heterocycles. The van der Waals surface area contributed by atoms with Gasteiger partial charge in [-0.3, -0.25) is 4.79 Å². The summed E-state index contributed by atoms with van der Waals surface area (Å²) >= 11 is 6.07. The molecule has 0 amide bonds. The molecule has 1 aliphatic carbocycles. The van der Waals surface area contributed by atoms with Crippen molar-refractivity contribution < 1.29 is 29.2 Å². The lowest BCUT2D eigenvalue weighted by Crippen LogP contribution is -2.41. The van der Waals surface area contributed by atoms with Crippen molar-refractivity contribution in [3.05, 3.63) is 99.6 Å². The first kappa shape index (κ1) is 20.3. The number of carbonyl (C=O) groups excluding carboxylic acids is 2. The molecule has 0 saturated carbocycles. The molecule has 0 radical (unpaired) electrons. The molecule has 0 aromatic heterocycles. The zero-order valence-corrected chi connectivity index (χ0v) is 16.7. The Balaban J connectivity index is 1.70. The first-order valence-electron chi connectivity index (χ1n) is 9.13. The number of esters is 1. The average Bonchev–Trinajstić information content (AvgIpc) is 2.76. The quantitative estimate of drug-likeness (QED) is 0.213. The van der Waals surface area contributed by atoms with Gasteiger partial charge in [-0.2, -0.15) is 4.89 Å². The highest BCUT2D eigenvalue weighted by Gasteiger charge is 2.47. The van der Waals surface area contributed by atoms with Crippen molar-refractivity contribution in [1.29, 1.82) is 0 Å². The van der Waals surface area contributed by atoms with E-state index in [0.717, 1.165) is 5.56 Å². The van der Waals surface area contributed by atoms with Gasteiger partial charge in [-0.05, 0) is 30.7 Å². The Kier molecular flexibility index (Phi) is 5.40. The number of aryl methyl sites for hydroxylation is 1. The van der Waals surface area contributed by atoms with Gasteiger partial charge in [0, 0.05) is 27.3 Å². The van der Waals surface area contributed by atoms with Crippen molar-refractivity contribution in [2.24, 2.45) is 0 Å². The van der Waals surface area contributed by atoms with Crippen LogP contribution in [0.5, 0.6) is 5.75 Å². The summed E-state index contributed by atoms with van der Waals surface area (Å²) in [5.41, 5.74) is 1.78. The van der Waals surface area contributed by atoms with Gasteiger partial charge >= 0.3 is 5.97 Å². The van der Waals surface area contributed by atoms with E-state index in [1.165, 1.54) is 12.1 Å². The fourth-order valence-electron chi connectivity index (χ4n) is 3.51. The Labute approximate surface area is 177 Å². The molecule has 1 atom stereocenters. The van der Waals surface area contributed by atoms with Crippen LogP contribution in [0.3, 0.4) is 0 Å². The molecule has 1 aliphatic rings. The molecule has 30 heavy (non-hydrogen) atoms. The highest BCUT2D eigenvalue weighted by molar-refractivity contribution is 6.31. The molecule has 3 aromatic carbocycles. The smallest absolute Gasteiger partial charge is 0.337 e. The molecule has 6 nitrogen and oxygen atoms in total. The lowest BCUT2D eigenvalue weighted by molar-refractivity contribution is -0.394. The van der Waals surface area contributed by atoms with E-state index in [2.05, 4.69) is 0 Å². The molecular weight excluding hydrogens is 408 g/mol. The van der Waals surface area contributed by atoms with Crippen LogP contribution in [-0.4, -0.2) is 23.6 Å². The molecule has 3 aromatic rings. The summed E-state index contributed by atoms with van der Waals surface area (Å²) in [6.45, 7) is 1.27. The molecule has 1 N–H and O–H groups in total. The van der Waals surface area contributed by atoms with E-state index in [-0.39, 0.29) is 28.0 Å². The van der Waals surface area contributed by atoms with E-state index >= 15 is 0 Å². The Morgan fingerprint density at radius 2 is 1.70 bits per heavy atom. The fourth-order valence-corrected chi connectivity index (χ4v) is 3.69. The second kappa shape index (κ2) is 8.01. The molecule has 4 rings (SSSR count). The summed E-state index contributed by atoms with van der Waals surface area (Å²) in [6.07, 6.45) is 0. The second-order valence-electron chi connectivity index (χ2n) is 6.80. The number of benzene rings is 3. The number of hydrogen-bond donors (Lipinski definition) is 1. The second-order valence-corrected chi connectivity index (χ2v) is 7.24. The first-order chi connectivity index (χ1) is 14.5. The molecular formula is C23H17ClO6. The van der Waals surface area contributed by atoms with E-state index in [9.17, 15) is 14.8 Å². The highest BCUT2D eigenvalue weighted by atomic mass is 35.5. The summed E-state index contributed by atoms with van der Waals surface area (Å²) in [5, 5.41) is 10.3. The van der Waals surface area contributed by atoms with E-state index in [1.54, 1.807) is 42.5 Å². The van der Waals surface area contributed by atoms with Crippen LogP contribution in [0.1, 0.15) is 32.6 Å². The van der Waals surface area contributed by atoms with Gasteiger partial charge in [-0.1, -0.05) is 60.1 Å². The standard InChI is InChI=1S/C23H17ClO6/c1-14-6-2-5-9-20(14)29-21(25)13-28-23(30-27)18-8-4-3-7-16(18)22(26)17-12-15(24)10-11-19(17)23/h2-12,27H,13H2,1H3. The minimum Gasteiger partial charge on any atom is -0.425 e. The first-order valence-corrected chi connectivity index (χ1v) is 9.51. The zero-order valence-electron chi connectivity index (χ0n) is 15.9. The van der Waals surface area contributed by atoms with Gasteiger partial charge in [0.15, 0.2) is 5.78 Å². The summed E-state index contributed by atoms with van der Waals surface area (Å²) in [5.74, 6) is -2.47. The molecule has 0 saturated heterocycles. The van der Waals surface area contributed by atoms with Gasteiger partial charge in [0.1, 0.15) is 12.4 Å². The number of ketones is 1. The summed E-state index contributed by atoms with van der Waals surface area (Å²) < 4.78 is 11.1. The lowest BCUT2D eigenvalue weighted by atomic mass is 9.80. The van der Waals surface area contributed by atoms with Crippen LogP contribution < -0.4 is 4.74 Å². The van der Waals surface area contributed by atoms with Gasteiger partial charge in [-0.25, -0.2) is 10.1 Å². The number of carbonyl (C=O) groups is 2. The molecule has 152 valence electrons. The molecule has 7 heteroatoms. The van der Waals surface area contributed by atoms with Crippen molar-refractivity contribution in [3.8, 4) is 5.75 Å². The van der Waals surface area contributed by atoms with Crippen LogP contribution in [0.4, 0.5) is 0 Å². The molecule has 0 bridgehead atoms. The predicted octanol–water partition coefficient (Wildman–Crippen LogP) is 4.51.